The lowest BCUT2D eigenvalue weighted by molar-refractivity contribution is -0.148. The molecule has 0 aromatic heterocycles. The first-order chi connectivity index (χ1) is 31.7. The SMILES string of the molecule is C.CC(=O)NC(Cc1ccccc1)C1CO1.COc1ccc(S(=O)(=O)N(CC(O)C(Cc2ccccc2)NC(C)=O)OC2CCOC2)cc1.COc1ccc(S(=O)(=O)NOC2CCOC2)cc1. The molecule has 3 aliphatic rings. The maximum Gasteiger partial charge on any atom is 0.265 e. The smallest absolute Gasteiger partial charge is 0.265 e. The molecule has 2 amide bonds. The summed E-state index contributed by atoms with van der Waals surface area (Å²) in [6, 6.07) is 30.8. The lowest BCUT2D eigenvalue weighted by Gasteiger charge is -2.30. The fourth-order valence-electron chi connectivity index (χ4n) is 6.75. The molecule has 18 nitrogen and oxygen atoms in total. The van der Waals surface area contributed by atoms with Crippen LogP contribution in [0.5, 0.6) is 11.5 Å². The predicted octanol–water partition coefficient (Wildman–Crippen LogP) is 3.98. The standard InChI is InChI=1S/C23H30N2O7S.C12H15NO2.C11H15NO5S.CH4/c1-17(26)24-22(14-18-6-4-3-5-7-18)23(27)15-25(32-20-12-13-31-16-20)33(28,29)21-10-8-19(30-2)9-11-21;1-9(14)13-11(12-8-15-12)7-10-5-3-2-4-6-10;1-15-9-2-4-11(5-3-9)18(13,14)12-17-10-6-7-16-8-10;/h3-11,20,22-23,27H,12-16H2,1-2H3,(H,24,26);2-6,11-12H,7-8H2,1H3,(H,13,14);2-5,10,12H,6-8H2,1H3;1H4. The normalized spacial score (nSPS) is 18.9. The minimum Gasteiger partial charge on any atom is -0.497 e. The molecule has 3 saturated heterocycles. The van der Waals surface area contributed by atoms with Gasteiger partial charge in [-0.3, -0.25) is 19.3 Å². The average Bonchev–Trinajstić information content (AvgIpc) is 3.77. The van der Waals surface area contributed by atoms with Crippen molar-refractivity contribution >= 4 is 31.9 Å². The molecule has 0 saturated carbocycles. The van der Waals surface area contributed by atoms with Gasteiger partial charge in [0.05, 0.1) is 68.6 Å². The Morgan fingerprint density at radius 2 is 1.19 bits per heavy atom. The molecule has 368 valence electrons. The Balaban J connectivity index is 0.000000241. The number of benzene rings is 4. The molecule has 67 heavy (non-hydrogen) atoms. The second kappa shape index (κ2) is 27.1. The van der Waals surface area contributed by atoms with Gasteiger partial charge in [-0.05, 0) is 72.5 Å². The number of ether oxygens (including phenoxy) is 5. The number of epoxide rings is 1. The van der Waals surface area contributed by atoms with Crippen LogP contribution in [0.1, 0.15) is 45.2 Å². The van der Waals surface area contributed by atoms with E-state index >= 15 is 0 Å². The number of rotatable bonds is 20. The Hall–Kier alpha value is -5.00. The summed E-state index contributed by atoms with van der Waals surface area (Å²) in [6.07, 6.45) is 0.667. The minimum atomic E-state index is -4.12. The highest BCUT2D eigenvalue weighted by Crippen LogP contribution is 2.24. The van der Waals surface area contributed by atoms with Gasteiger partial charge >= 0.3 is 0 Å². The average molecular weight is 973 g/mol. The Labute approximate surface area is 394 Å². The van der Waals surface area contributed by atoms with Crippen molar-refractivity contribution in [2.24, 2.45) is 0 Å². The van der Waals surface area contributed by atoms with Crippen molar-refractivity contribution in [3.63, 3.8) is 0 Å². The number of carbonyl (C=O) groups excluding carboxylic acids is 2. The summed E-state index contributed by atoms with van der Waals surface area (Å²) < 4.78 is 77.0. The van der Waals surface area contributed by atoms with E-state index in [1.807, 2.05) is 48.5 Å². The molecule has 0 radical (unpaired) electrons. The molecule has 0 aliphatic carbocycles. The first kappa shape index (κ1) is 54.6. The molecular weight excluding hydrogens is 909 g/mol. The number of nitrogens with one attached hydrogen (secondary N) is 3. The van der Waals surface area contributed by atoms with Gasteiger partial charge in [0.1, 0.15) is 29.8 Å². The van der Waals surface area contributed by atoms with Crippen LogP contribution in [0.3, 0.4) is 0 Å². The quantitative estimate of drug-likeness (QED) is 0.0726. The largest absolute Gasteiger partial charge is 0.497 e. The molecule has 6 unspecified atom stereocenters. The molecule has 20 heteroatoms. The van der Waals surface area contributed by atoms with Crippen molar-refractivity contribution in [2.75, 3.05) is 53.8 Å². The van der Waals surface area contributed by atoms with Crippen LogP contribution in [0.2, 0.25) is 0 Å². The van der Waals surface area contributed by atoms with Gasteiger partial charge in [-0.15, -0.1) is 0 Å². The third-order valence-corrected chi connectivity index (χ3v) is 13.2. The summed E-state index contributed by atoms with van der Waals surface area (Å²) in [5, 5.41) is 16.7. The van der Waals surface area contributed by atoms with Crippen LogP contribution < -0.4 is 25.0 Å². The van der Waals surface area contributed by atoms with Gasteiger partial charge < -0.3 is 39.4 Å². The Morgan fingerprint density at radius 1 is 0.701 bits per heavy atom. The highest BCUT2D eigenvalue weighted by atomic mass is 32.2. The first-order valence-corrected chi connectivity index (χ1v) is 24.3. The molecule has 3 heterocycles. The number of hydrogen-bond acceptors (Lipinski definition) is 14. The van der Waals surface area contributed by atoms with E-state index in [4.69, 9.17) is 33.4 Å². The van der Waals surface area contributed by atoms with Crippen molar-refractivity contribution in [3.8, 4) is 11.5 Å². The van der Waals surface area contributed by atoms with Crippen LogP contribution in [0.4, 0.5) is 0 Å². The van der Waals surface area contributed by atoms with Crippen molar-refractivity contribution in [1.82, 2.24) is 20.0 Å². The second-order valence-corrected chi connectivity index (χ2v) is 19.0. The Morgan fingerprint density at radius 3 is 1.66 bits per heavy atom. The van der Waals surface area contributed by atoms with Gasteiger partial charge in [0.15, 0.2) is 0 Å². The second-order valence-electron chi connectivity index (χ2n) is 15.6. The number of nitrogens with zero attached hydrogens (tertiary/aromatic N) is 1. The van der Waals surface area contributed by atoms with Gasteiger partial charge in [-0.25, -0.2) is 16.8 Å². The van der Waals surface area contributed by atoms with Gasteiger partial charge in [0.2, 0.25) is 11.8 Å². The zero-order valence-electron chi connectivity index (χ0n) is 37.4. The van der Waals surface area contributed by atoms with Crippen molar-refractivity contribution in [1.29, 1.82) is 0 Å². The maximum absolute atomic E-state index is 13.4. The van der Waals surface area contributed by atoms with Crippen LogP contribution in [-0.2, 0) is 66.4 Å². The van der Waals surface area contributed by atoms with Crippen molar-refractivity contribution in [3.05, 3.63) is 120 Å². The number of aliphatic hydroxyl groups is 1. The summed E-state index contributed by atoms with van der Waals surface area (Å²) in [6.45, 7) is 5.00. The van der Waals surface area contributed by atoms with E-state index in [1.54, 1.807) is 19.1 Å². The summed E-state index contributed by atoms with van der Waals surface area (Å²) in [5.74, 6) is 0.786. The van der Waals surface area contributed by atoms with Crippen molar-refractivity contribution in [2.45, 2.75) is 93.2 Å². The highest BCUT2D eigenvalue weighted by molar-refractivity contribution is 7.89. The van der Waals surface area contributed by atoms with Gasteiger partial charge in [0.25, 0.3) is 20.0 Å². The predicted molar refractivity (Wildman–Crippen MR) is 249 cm³/mol. The molecule has 4 aromatic carbocycles. The molecule has 6 atom stereocenters. The number of sulfonamides is 2. The zero-order valence-corrected chi connectivity index (χ0v) is 39.1. The fraction of sp³-hybridized carbons (Fsp3) is 0.447. The molecule has 4 N–H and O–H groups in total. The summed E-state index contributed by atoms with van der Waals surface area (Å²) in [5.41, 5.74) is 2.12. The number of hydroxylamine groups is 1. The first-order valence-electron chi connectivity index (χ1n) is 21.4. The van der Waals surface area contributed by atoms with Crippen LogP contribution in [0.25, 0.3) is 0 Å². The van der Waals surface area contributed by atoms with E-state index in [-0.39, 0.29) is 60.4 Å². The minimum absolute atomic E-state index is 0. The third kappa shape index (κ3) is 18.2. The van der Waals surface area contributed by atoms with Crippen molar-refractivity contribution < 1.29 is 64.9 Å². The summed E-state index contributed by atoms with van der Waals surface area (Å²) >= 11 is 0. The lowest BCUT2D eigenvalue weighted by Crippen LogP contribution is -2.50. The lowest BCUT2D eigenvalue weighted by atomic mass is 10.0. The molecule has 3 aliphatic heterocycles. The summed E-state index contributed by atoms with van der Waals surface area (Å²) in [4.78, 5) is 35.9. The van der Waals surface area contributed by atoms with Gasteiger partial charge in [0, 0.05) is 39.9 Å². The van der Waals surface area contributed by atoms with Crippen LogP contribution in [0.15, 0.2) is 119 Å². The monoisotopic (exact) mass is 972 g/mol. The van der Waals surface area contributed by atoms with Gasteiger partial charge in [-0.1, -0.05) is 77.4 Å². The number of aliphatic hydroxyl groups excluding tert-OH is 1. The van der Waals surface area contributed by atoms with Crippen LogP contribution in [0, 0.1) is 0 Å². The molecular formula is C47H64N4O14S2. The molecule has 0 bridgehead atoms. The summed E-state index contributed by atoms with van der Waals surface area (Å²) in [7, 11) is -4.76. The molecule has 3 fully saturated rings. The Bertz CT molecular complexity index is 2300. The Kier molecular flexibility index (Phi) is 22.1. The number of methoxy groups -OCH3 is 2. The van der Waals surface area contributed by atoms with E-state index in [1.165, 1.54) is 63.1 Å². The number of carbonyl (C=O) groups is 2. The fourth-order valence-corrected chi connectivity index (χ4v) is 8.90. The van der Waals surface area contributed by atoms with E-state index in [0.717, 1.165) is 23.1 Å². The number of hydrogen-bond donors (Lipinski definition) is 4. The van der Waals surface area contributed by atoms with Gasteiger partial charge in [-0.2, -0.15) is 0 Å². The van der Waals surface area contributed by atoms with Crippen LogP contribution >= 0.6 is 0 Å². The van der Waals surface area contributed by atoms with E-state index < -0.39 is 38.3 Å². The molecule has 0 spiro atoms. The zero-order chi connectivity index (χ0) is 47.5. The topological polar surface area (TPSA) is 230 Å². The number of amides is 2. The van der Waals surface area contributed by atoms with E-state index in [0.29, 0.717) is 50.6 Å². The van der Waals surface area contributed by atoms with E-state index in [9.17, 15) is 31.5 Å². The van der Waals surface area contributed by atoms with E-state index in [2.05, 4.69) is 27.7 Å². The highest BCUT2D eigenvalue weighted by Gasteiger charge is 2.35. The maximum atomic E-state index is 13.4. The third-order valence-electron chi connectivity index (χ3n) is 10.3. The van der Waals surface area contributed by atoms with Crippen LogP contribution in [-0.4, -0.2) is 129 Å². The molecule has 4 aromatic rings. The molecule has 7 rings (SSSR count).